The number of aryl methyl sites for hydroxylation is 1. The second kappa shape index (κ2) is 8.65. The van der Waals surface area contributed by atoms with E-state index in [0.717, 1.165) is 0 Å². The van der Waals surface area contributed by atoms with E-state index in [9.17, 15) is 20.0 Å². The van der Waals surface area contributed by atoms with Gasteiger partial charge in [-0.15, -0.1) is 0 Å². The van der Waals surface area contributed by atoms with E-state index < -0.39 is 11.5 Å². The number of hydrogen-bond acceptors (Lipinski definition) is 6. The molecule has 0 spiro atoms. The van der Waals surface area contributed by atoms with Crippen LogP contribution < -0.4 is 5.32 Å². The summed E-state index contributed by atoms with van der Waals surface area (Å²) in [4.78, 5) is 28.0. The molecule has 1 aliphatic rings. The smallest absolute Gasteiger partial charge is 0.410 e. The largest absolute Gasteiger partial charge is 0.508 e. The number of nitrogens with one attached hydrogen (secondary N) is 1. The number of carbonyl (C=O) groups is 2. The summed E-state index contributed by atoms with van der Waals surface area (Å²) >= 11 is 0. The van der Waals surface area contributed by atoms with E-state index in [-0.39, 0.29) is 17.4 Å². The van der Waals surface area contributed by atoms with Crippen molar-refractivity contribution in [1.29, 1.82) is 5.26 Å². The van der Waals surface area contributed by atoms with E-state index in [0.29, 0.717) is 37.4 Å². The van der Waals surface area contributed by atoms with Gasteiger partial charge in [-0.25, -0.2) is 4.79 Å². The van der Waals surface area contributed by atoms with Crippen molar-refractivity contribution in [2.75, 3.05) is 31.5 Å². The summed E-state index contributed by atoms with van der Waals surface area (Å²) in [5.41, 5.74) is 0.639. The van der Waals surface area contributed by atoms with Gasteiger partial charge in [0.15, 0.2) is 0 Å². The number of nitrogens with zero attached hydrogens (tertiary/aromatic N) is 3. The third kappa shape index (κ3) is 5.91. The zero-order valence-corrected chi connectivity index (χ0v) is 16.7. The van der Waals surface area contributed by atoms with Crippen molar-refractivity contribution in [3.8, 4) is 11.8 Å². The van der Waals surface area contributed by atoms with E-state index in [1.54, 1.807) is 17.9 Å². The molecule has 0 aromatic heterocycles. The van der Waals surface area contributed by atoms with Gasteiger partial charge in [0.1, 0.15) is 23.0 Å². The molecular weight excluding hydrogens is 360 g/mol. The van der Waals surface area contributed by atoms with Crippen LogP contribution in [0.5, 0.6) is 5.75 Å². The molecule has 0 saturated carbocycles. The SMILES string of the molecule is Cc1cc(O)ccc1NC(=O)/C(C#N)=C\N1CCN(C(=O)OC(C)(C)C)CC1. The van der Waals surface area contributed by atoms with Gasteiger partial charge in [0, 0.05) is 38.1 Å². The Morgan fingerprint density at radius 1 is 1.25 bits per heavy atom. The first-order chi connectivity index (χ1) is 13.1. The van der Waals surface area contributed by atoms with Gasteiger partial charge >= 0.3 is 6.09 Å². The molecule has 0 radical (unpaired) electrons. The van der Waals surface area contributed by atoms with Gasteiger partial charge in [-0.3, -0.25) is 4.79 Å². The monoisotopic (exact) mass is 386 g/mol. The van der Waals surface area contributed by atoms with E-state index in [2.05, 4.69) is 5.32 Å². The Morgan fingerprint density at radius 3 is 2.43 bits per heavy atom. The van der Waals surface area contributed by atoms with Crippen molar-refractivity contribution < 1.29 is 19.4 Å². The van der Waals surface area contributed by atoms with E-state index in [1.807, 2.05) is 31.7 Å². The lowest BCUT2D eigenvalue weighted by atomic mass is 10.1. The van der Waals surface area contributed by atoms with Crippen LogP contribution in [0.1, 0.15) is 26.3 Å². The first kappa shape index (κ1) is 21.1. The highest BCUT2D eigenvalue weighted by Crippen LogP contribution is 2.21. The topological polar surface area (TPSA) is 106 Å². The number of aromatic hydroxyl groups is 1. The van der Waals surface area contributed by atoms with Crippen LogP contribution in [0, 0.1) is 18.3 Å². The second-order valence-corrected chi connectivity index (χ2v) is 7.61. The molecule has 0 atom stereocenters. The number of piperazine rings is 1. The average Bonchev–Trinajstić information content (AvgIpc) is 2.61. The molecule has 8 nitrogen and oxygen atoms in total. The first-order valence-corrected chi connectivity index (χ1v) is 9.04. The number of benzene rings is 1. The Labute approximate surface area is 165 Å². The van der Waals surface area contributed by atoms with Crippen molar-refractivity contribution in [1.82, 2.24) is 9.80 Å². The molecule has 1 aromatic rings. The standard InChI is InChI=1S/C20H26N4O4/c1-14-11-16(25)5-6-17(14)22-18(26)15(12-21)13-23-7-9-24(10-8-23)19(27)28-20(2,3)4/h5-6,11,13,25H,7-10H2,1-4H3,(H,22,26)/b15-13-. The molecule has 2 rings (SSSR count). The van der Waals surface area contributed by atoms with Gasteiger partial charge in [-0.1, -0.05) is 0 Å². The van der Waals surface area contributed by atoms with Crippen molar-refractivity contribution in [3.63, 3.8) is 0 Å². The van der Waals surface area contributed by atoms with Crippen LogP contribution in [0.3, 0.4) is 0 Å². The molecule has 0 unspecified atom stereocenters. The Balaban J connectivity index is 1.97. The summed E-state index contributed by atoms with van der Waals surface area (Å²) in [5, 5.41) is 21.5. The predicted octanol–water partition coefficient (Wildman–Crippen LogP) is 2.60. The third-order valence-electron chi connectivity index (χ3n) is 4.10. The third-order valence-corrected chi connectivity index (χ3v) is 4.10. The minimum Gasteiger partial charge on any atom is -0.508 e. The molecule has 1 heterocycles. The summed E-state index contributed by atoms with van der Waals surface area (Å²) in [7, 11) is 0. The number of phenolic OH excluding ortho intramolecular Hbond substituents is 1. The quantitative estimate of drug-likeness (QED) is 0.470. The number of amides is 2. The normalized spacial score (nSPS) is 15.0. The minimum absolute atomic E-state index is 0.0295. The minimum atomic E-state index is -0.549. The number of phenols is 1. The summed E-state index contributed by atoms with van der Waals surface area (Å²) < 4.78 is 5.36. The van der Waals surface area contributed by atoms with Gasteiger partial charge in [0.25, 0.3) is 5.91 Å². The highest BCUT2D eigenvalue weighted by Gasteiger charge is 2.25. The van der Waals surface area contributed by atoms with Crippen molar-refractivity contribution in [3.05, 3.63) is 35.5 Å². The molecular formula is C20H26N4O4. The van der Waals surface area contributed by atoms with Crippen LogP contribution in [0.2, 0.25) is 0 Å². The zero-order chi connectivity index (χ0) is 20.9. The van der Waals surface area contributed by atoms with E-state index in [4.69, 9.17) is 4.74 Å². The maximum Gasteiger partial charge on any atom is 0.410 e. The lowest BCUT2D eigenvalue weighted by Gasteiger charge is -2.35. The molecule has 8 heteroatoms. The molecule has 1 fully saturated rings. The second-order valence-electron chi connectivity index (χ2n) is 7.61. The van der Waals surface area contributed by atoms with Crippen LogP contribution in [0.4, 0.5) is 10.5 Å². The van der Waals surface area contributed by atoms with E-state index >= 15 is 0 Å². The summed E-state index contributed by atoms with van der Waals surface area (Å²) in [6.07, 6.45) is 1.15. The fourth-order valence-electron chi connectivity index (χ4n) is 2.66. The average molecular weight is 386 g/mol. The van der Waals surface area contributed by atoms with Gasteiger partial charge in [-0.05, 0) is 51.5 Å². The van der Waals surface area contributed by atoms with Gasteiger partial charge < -0.3 is 25.0 Å². The first-order valence-electron chi connectivity index (χ1n) is 9.04. The van der Waals surface area contributed by atoms with Gasteiger partial charge in [0.05, 0.1) is 0 Å². The molecule has 2 amide bonds. The number of anilines is 1. The maximum atomic E-state index is 12.4. The molecule has 1 aromatic carbocycles. The Morgan fingerprint density at radius 2 is 1.89 bits per heavy atom. The summed E-state index contributed by atoms with van der Waals surface area (Å²) in [6, 6.07) is 6.49. The molecule has 1 aliphatic heterocycles. The predicted molar refractivity (Wildman–Crippen MR) is 105 cm³/mol. The number of ether oxygens (including phenoxy) is 1. The van der Waals surface area contributed by atoms with Gasteiger partial charge in [0.2, 0.25) is 0 Å². The molecule has 150 valence electrons. The highest BCUT2D eigenvalue weighted by atomic mass is 16.6. The summed E-state index contributed by atoms with van der Waals surface area (Å²) in [6.45, 7) is 9.09. The Hall–Kier alpha value is -3.21. The zero-order valence-electron chi connectivity index (χ0n) is 16.7. The van der Waals surface area contributed by atoms with E-state index in [1.165, 1.54) is 18.3 Å². The Kier molecular flexibility index (Phi) is 6.52. The molecule has 0 aliphatic carbocycles. The van der Waals surface area contributed by atoms with Crippen LogP contribution in [-0.2, 0) is 9.53 Å². The van der Waals surface area contributed by atoms with Crippen LogP contribution >= 0.6 is 0 Å². The lowest BCUT2D eigenvalue weighted by Crippen LogP contribution is -2.48. The fraction of sp³-hybridized carbons (Fsp3) is 0.450. The highest BCUT2D eigenvalue weighted by molar-refractivity contribution is 6.06. The molecule has 1 saturated heterocycles. The molecule has 0 bridgehead atoms. The van der Waals surface area contributed by atoms with Crippen molar-refractivity contribution >= 4 is 17.7 Å². The molecule has 28 heavy (non-hydrogen) atoms. The number of rotatable bonds is 3. The van der Waals surface area contributed by atoms with Crippen LogP contribution in [0.15, 0.2) is 30.0 Å². The molecule has 2 N–H and O–H groups in total. The van der Waals surface area contributed by atoms with Gasteiger partial charge in [-0.2, -0.15) is 5.26 Å². The van der Waals surface area contributed by atoms with Crippen molar-refractivity contribution in [2.45, 2.75) is 33.3 Å². The van der Waals surface area contributed by atoms with Crippen LogP contribution in [0.25, 0.3) is 0 Å². The Bertz CT molecular complexity index is 812. The number of nitriles is 1. The number of hydrogen-bond donors (Lipinski definition) is 2. The lowest BCUT2D eigenvalue weighted by molar-refractivity contribution is -0.112. The van der Waals surface area contributed by atoms with Crippen LogP contribution in [-0.4, -0.2) is 58.7 Å². The number of carbonyl (C=O) groups excluding carboxylic acids is 2. The summed E-state index contributed by atoms with van der Waals surface area (Å²) in [5.74, 6) is -0.416. The fourth-order valence-corrected chi connectivity index (χ4v) is 2.66. The maximum absolute atomic E-state index is 12.4. The van der Waals surface area contributed by atoms with Crippen molar-refractivity contribution in [2.24, 2.45) is 0 Å².